The Balaban J connectivity index is 1.79. The molecule has 7 heteroatoms. The zero-order chi connectivity index (χ0) is 17.2. The van der Waals surface area contributed by atoms with Crippen LogP contribution in [0.15, 0.2) is 0 Å². The largest absolute Gasteiger partial charge is 0.394 e. The first-order chi connectivity index (χ1) is 10.6. The number of carbonyl (C=O) groups excluding carboxylic acids is 1. The van der Waals surface area contributed by atoms with Crippen molar-refractivity contribution in [2.24, 2.45) is 16.7 Å². The molecule has 2 bridgehead atoms. The highest BCUT2D eigenvalue weighted by molar-refractivity contribution is 5.90. The molecule has 7 nitrogen and oxygen atoms in total. The average molecular weight is 330 g/mol. The van der Waals surface area contributed by atoms with E-state index in [2.05, 4.69) is 13.8 Å². The number of aliphatic hydroxyl groups excluding tert-OH is 4. The highest BCUT2D eigenvalue weighted by atomic mass is 16.7. The summed E-state index contributed by atoms with van der Waals surface area (Å²) in [7, 11) is 0. The van der Waals surface area contributed by atoms with Gasteiger partial charge in [0.1, 0.15) is 30.2 Å². The first-order valence-electron chi connectivity index (χ1n) is 8.13. The van der Waals surface area contributed by atoms with Gasteiger partial charge in [0.25, 0.3) is 0 Å². The van der Waals surface area contributed by atoms with E-state index in [-0.39, 0.29) is 17.1 Å². The first kappa shape index (κ1) is 17.3. The molecule has 0 amide bonds. The fourth-order valence-electron chi connectivity index (χ4n) is 4.47. The summed E-state index contributed by atoms with van der Waals surface area (Å²) in [6.07, 6.45) is -5.71. The monoisotopic (exact) mass is 330 g/mol. The van der Waals surface area contributed by atoms with Gasteiger partial charge in [0.2, 0.25) is 0 Å². The summed E-state index contributed by atoms with van der Waals surface area (Å²) in [5, 5.41) is 39.0. The van der Waals surface area contributed by atoms with E-state index in [0.717, 1.165) is 0 Å². The second-order valence-corrected chi connectivity index (χ2v) is 7.81. The van der Waals surface area contributed by atoms with Crippen molar-refractivity contribution in [2.75, 3.05) is 6.61 Å². The number of rotatable bonds is 3. The lowest BCUT2D eigenvalue weighted by atomic mass is 9.69. The quantitative estimate of drug-likeness (QED) is 0.535. The van der Waals surface area contributed by atoms with Crippen LogP contribution in [0.2, 0.25) is 0 Å². The predicted octanol–water partition coefficient (Wildman–Crippen LogP) is -0.803. The maximum Gasteiger partial charge on any atom is 0.187 e. The Bertz CT molecular complexity index is 491. The molecular weight excluding hydrogens is 304 g/mol. The minimum absolute atomic E-state index is 0.147. The molecule has 0 aromatic carbocycles. The van der Waals surface area contributed by atoms with Crippen LogP contribution in [0.4, 0.5) is 0 Å². The standard InChI is InChI=1S/C16H26O7/c1-15(2)7-4-9(18)16(15,3)10(5-7)23-14-13(21)12(20)11(19)8(6-17)22-14/h7-8,10-14,17,19-21H,4-6H2,1-3H3/t7-,8-,10+,11-,12+,13-,14+,16+/m1/s1. The number of hydrogen-bond donors (Lipinski definition) is 4. The number of fused-ring (bicyclic) bond motifs is 2. The third kappa shape index (κ3) is 2.22. The van der Waals surface area contributed by atoms with Crippen LogP contribution in [0.25, 0.3) is 0 Å². The Hall–Kier alpha value is -0.570. The van der Waals surface area contributed by atoms with E-state index >= 15 is 0 Å². The molecule has 23 heavy (non-hydrogen) atoms. The molecule has 2 aliphatic carbocycles. The Morgan fingerprint density at radius 3 is 2.35 bits per heavy atom. The fraction of sp³-hybridized carbons (Fsp3) is 0.938. The number of hydrogen-bond acceptors (Lipinski definition) is 7. The molecule has 1 saturated heterocycles. The predicted molar refractivity (Wildman–Crippen MR) is 78.3 cm³/mol. The van der Waals surface area contributed by atoms with Crippen LogP contribution in [-0.2, 0) is 14.3 Å². The molecule has 3 rings (SSSR count). The van der Waals surface area contributed by atoms with Crippen molar-refractivity contribution in [3.63, 3.8) is 0 Å². The van der Waals surface area contributed by atoms with E-state index in [1.807, 2.05) is 6.92 Å². The van der Waals surface area contributed by atoms with Crippen LogP contribution in [-0.4, -0.2) is 69.6 Å². The summed E-state index contributed by atoms with van der Waals surface area (Å²) in [6.45, 7) is 5.50. The number of carbonyl (C=O) groups is 1. The Morgan fingerprint density at radius 2 is 1.83 bits per heavy atom. The molecule has 0 spiro atoms. The fourth-order valence-corrected chi connectivity index (χ4v) is 4.47. The lowest BCUT2D eigenvalue weighted by Crippen LogP contribution is -2.60. The maximum atomic E-state index is 12.4. The summed E-state index contributed by atoms with van der Waals surface area (Å²) < 4.78 is 11.3. The van der Waals surface area contributed by atoms with Crippen molar-refractivity contribution in [3.05, 3.63) is 0 Å². The van der Waals surface area contributed by atoms with E-state index < -0.39 is 48.8 Å². The van der Waals surface area contributed by atoms with Crippen LogP contribution in [0.5, 0.6) is 0 Å². The summed E-state index contributed by atoms with van der Waals surface area (Å²) in [4.78, 5) is 12.4. The molecule has 1 heterocycles. The molecule has 3 aliphatic rings. The molecule has 0 aromatic rings. The Morgan fingerprint density at radius 1 is 1.17 bits per heavy atom. The molecule has 8 atom stereocenters. The topological polar surface area (TPSA) is 116 Å². The summed E-state index contributed by atoms with van der Waals surface area (Å²) in [5.74, 6) is 0.364. The van der Waals surface area contributed by atoms with Crippen molar-refractivity contribution in [3.8, 4) is 0 Å². The van der Waals surface area contributed by atoms with Crippen LogP contribution in [0, 0.1) is 16.7 Å². The van der Waals surface area contributed by atoms with Gasteiger partial charge in [0.15, 0.2) is 6.29 Å². The maximum absolute atomic E-state index is 12.4. The van der Waals surface area contributed by atoms with Gasteiger partial charge in [-0.15, -0.1) is 0 Å². The normalized spacial score (nSPS) is 52.1. The minimum atomic E-state index is -1.47. The number of ether oxygens (including phenoxy) is 2. The van der Waals surface area contributed by atoms with Gasteiger partial charge >= 0.3 is 0 Å². The molecule has 132 valence electrons. The number of aliphatic hydroxyl groups is 4. The van der Waals surface area contributed by atoms with E-state index in [0.29, 0.717) is 12.8 Å². The van der Waals surface area contributed by atoms with E-state index in [4.69, 9.17) is 9.47 Å². The van der Waals surface area contributed by atoms with Gasteiger partial charge in [0.05, 0.1) is 18.1 Å². The van der Waals surface area contributed by atoms with E-state index in [1.165, 1.54) is 0 Å². The third-order valence-electron chi connectivity index (χ3n) is 6.66. The van der Waals surface area contributed by atoms with E-state index in [1.54, 1.807) is 0 Å². The summed E-state index contributed by atoms with van der Waals surface area (Å²) >= 11 is 0. The summed E-state index contributed by atoms with van der Waals surface area (Å²) in [6, 6.07) is 0. The van der Waals surface area contributed by atoms with Gasteiger partial charge in [0, 0.05) is 6.42 Å². The van der Waals surface area contributed by atoms with Gasteiger partial charge in [-0.2, -0.15) is 0 Å². The van der Waals surface area contributed by atoms with Crippen LogP contribution in [0.1, 0.15) is 33.6 Å². The molecule has 1 aliphatic heterocycles. The number of Topliss-reactive ketones (excluding diaryl/α,β-unsaturated/α-hetero) is 1. The summed E-state index contributed by atoms with van der Waals surface area (Å²) in [5.41, 5.74) is -0.876. The number of ketones is 1. The van der Waals surface area contributed by atoms with Crippen LogP contribution >= 0.6 is 0 Å². The molecule has 0 radical (unpaired) electrons. The minimum Gasteiger partial charge on any atom is -0.394 e. The molecule has 0 aromatic heterocycles. The molecule has 2 saturated carbocycles. The zero-order valence-electron chi connectivity index (χ0n) is 13.7. The zero-order valence-corrected chi connectivity index (χ0v) is 13.7. The van der Waals surface area contributed by atoms with Crippen molar-refractivity contribution >= 4 is 5.78 Å². The van der Waals surface area contributed by atoms with Gasteiger partial charge in [-0.3, -0.25) is 4.79 Å². The molecule has 4 N–H and O–H groups in total. The molecule has 3 fully saturated rings. The smallest absolute Gasteiger partial charge is 0.187 e. The highest BCUT2D eigenvalue weighted by Gasteiger charge is 2.67. The lowest BCUT2D eigenvalue weighted by molar-refractivity contribution is -0.317. The first-order valence-corrected chi connectivity index (χ1v) is 8.13. The third-order valence-corrected chi connectivity index (χ3v) is 6.66. The van der Waals surface area contributed by atoms with Crippen molar-refractivity contribution in [1.29, 1.82) is 0 Å². The Kier molecular flexibility index (Phi) is 4.11. The average Bonchev–Trinajstić information content (AvgIpc) is 2.79. The van der Waals surface area contributed by atoms with Gasteiger partial charge in [-0.25, -0.2) is 0 Å². The van der Waals surface area contributed by atoms with Crippen LogP contribution < -0.4 is 0 Å². The van der Waals surface area contributed by atoms with Crippen molar-refractivity contribution in [1.82, 2.24) is 0 Å². The van der Waals surface area contributed by atoms with Gasteiger partial charge < -0.3 is 29.9 Å². The van der Waals surface area contributed by atoms with E-state index in [9.17, 15) is 25.2 Å². The lowest BCUT2D eigenvalue weighted by Gasteiger charge is -2.43. The van der Waals surface area contributed by atoms with Crippen molar-refractivity contribution in [2.45, 2.75) is 70.4 Å². The second-order valence-electron chi connectivity index (χ2n) is 7.81. The molecule has 0 unspecified atom stereocenters. The highest BCUT2D eigenvalue weighted by Crippen LogP contribution is 2.64. The Labute approximate surface area is 135 Å². The SMILES string of the molecule is CC1(C)[C@@H]2CC(=O)[C@@]1(C)[C@@H](O[C@@H]1O[C@H](CO)[C@@H](O)[C@H](O)[C@H]1O)C2. The van der Waals surface area contributed by atoms with Crippen molar-refractivity contribution < 1.29 is 34.7 Å². The van der Waals surface area contributed by atoms with Gasteiger partial charge in [-0.05, 0) is 24.7 Å². The van der Waals surface area contributed by atoms with Gasteiger partial charge in [-0.1, -0.05) is 13.8 Å². The van der Waals surface area contributed by atoms with Crippen LogP contribution in [0.3, 0.4) is 0 Å². The molecular formula is C16H26O7. The second kappa shape index (κ2) is 5.47.